The van der Waals surface area contributed by atoms with E-state index in [0.29, 0.717) is 37.5 Å². The second kappa shape index (κ2) is 15.0. The van der Waals surface area contributed by atoms with Crippen molar-refractivity contribution in [2.24, 2.45) is 17.1 Å². The van der Waals surface area contributed by atoms with Gasteiger partial charge in [0.2, 0.25) is 11.8 Å². The number of benzene rings is 1. The maximum Gasteiger partial charge on any atom is 0.328 e. The number of nitrogens with one attached hydrogen (secondary N) is 1. The van der Waals surface area contributed by atoms with E-state index in [1.165, 1.54) is 12.1 Å². The summed E-state index contributed by atoms with van der Waals surface area (Å²) in [5.74, 6) is -3.52. The molecule has 0 spiro atoms. The van der Waals surface area contributed by atoms with Crippen LogP contribution in [0.1, 0.15) is 53.5 Å². The first kappa shape index (κ1) is 35.7. The zero-order chi connectivity index (χ0) is 31.7. The van der Waals surface area contributed by atoms with E-state index in [1.54, 1.807) is 17.9 Å². The van der Waals surface area contributed by atoms with Crippen LogP contribution >= 0.6 is 0 Å². The van der Waals surface area contributed by atoms with E-state index >= 15 is 0 Å². The van der Waals surface area contributed by atoms with Crippen LogP contribution in [0.15, 0.2) is 30.4 Å². The number of aliphatic hydroxyl groups excluding tert-OH is 1. The monoisotopic (exact) mass is 580 g/mol. The lowest BCUT2D eigenvalue weighted by molar-refractivity contribution is -0.134. The van der Waals surface area contributed by atoms with Crippen LogP contribution in [0, 0.1) is 24.1 Å². The van der Waals surface area contributed by atoms with E-state index in [0.717, 1.165) is 5.56 Å². The van der Waals surface area contributed by atoms with Crippen molar-refractivity contribution < 1.29 is 38.9 Å². The highest BCUT2D eigenvalue weighted by Crippen LogP contribution is 2.29. The lowest BCUT2D eigenvalue weighted by Gasteiger charge is -2.48. The van der Waals surface area contributed by atoms with Gasteiger partial charge in [-0.2, -0.15) is 0 Å². The van der Waals surface area contributed by atoms with Crippen LogP contribution in [0.5, 0.6) is 0 Å². The van der Waals surface area contributed by atoms with E-state index < -0.39 is 29.6 Å². The molecule has 1 aliphatic heterocycles. The molecule has 1 fully saturated rings. The molecule has 2 rings (SSSR count). The minimum atomic E-state index is -1.26. The van der Waals surface area contributed by atoms with Crippen molar-refractivity contribution in [1.29, 1.82) is 0 Å². The zero-order valence-corrected chi connectivity index (χ0v) is 25.0. The number of hydrogen-bond acceptors (Lipinski definition) is 7. The number of carbonyl (C=O) groups is 4. The highest BCUT2D eigenvalue weighted by atomic mass is 19.1. The fraction of sp³-hybridized carbons (Fsp3) is 0.586. The lowest BCUT2D eigenvalue weighted by Crippen LogP contribution is -2.64. The Bertz CT molecular complexity index is 1100. The summed E-state index contributed by atoms with van der Waals surface area (Å²) in [4.78, 5) is 48.0. The van der Waals surface area contributed by atoms with E-state index in [4.69, 9.17) is 15.9 Å². The van der Waals surface area contributed by atoms with Gasteiger partial charge in [-0.05, 0) is 50.3 Å². The molecule has 0 radical (unpaired) electrons. The summed E-state index contributed by atoms with van der Waals surface area (Å²) >= 11 is 0. The summed E-state index contributed by atoms with van der Waals surface area (Å²) in [7, 11) is 0. The van der Waals surface area contributed by atoms with Gasteiger partial charge in [0.1, 0.15) is 5.82 Å². The van der Waals surface area contributed by atoms with Crippen molar-refractivity contribution in [3.8, 4) is 0 Å². The first-order valence-corrected chi connectivity index (χ1v) is 13.4. The van der Waals surface area contributed by atoms with Crippen LogP contribution in [0.3, 0.4) is 0 Å². The number of piperazine rings is 1. The van der Waals surface area contributed by atoms with Gasteiger partial charge in [-0.1, -0.05) is 33.8 Å². The molecule has 3 atom stereocenters. The number of halogens is 1. The minimum Gasteiger partial charge on any atom is -0.478 e. The lowest BCUT2D eigenvalue weighted by atomic mass is 9.93. The Hall–Kier alpha value is -3.35. The van der Waals surface area contributed by atoms with Crippen molar-refractivity contribution in [3.63, 3.8) is 0 Å². The number of rotatable bonds is 10. The molecule has 0 saturated carbocycles. The Balaban J connectivity index is 0.000000915. The molecular weight excluding hydrogens is 535 g/mol. The molecule has 2 amide bonds. The van der Waals surface area contributed by atoms with Crippen LogP contribution in [-0.4, -0.2) is 87.8 Å². The van der Waals surface area contributed by atoms with Gasteiger partial charge in [0.05, 0.1) is 12.6 Å². The molecule has 6 N–H and O–H groups in total. The predicted octanol–water partition coefficient (Wildman–Crippen LogP) is 2.15. The van der Waals surface area contributed by atoms with E-state index in [2.05, 4.69) is 5.32 Å². The molecule has 0 aliphatic carbocycles. The number of carboxylic acids is 2. The molecule has 11 nitrogen and oxygen atoms in total. The Morgan fingerprint density at radius 2 is 1.73 bits per heavy atom. The number of nitrogens with two attached hydrogens (primary N) is 1. The summed E-state index contributed by atoms with van der Waals surface area (Å²) in [5.41, 5.74) is 7.26. The molecule has 1 heterocycles. The van der Waals surface area contributed by atoms with Crippen LogP contribution in [0.2, 0.25) is 0 Å². The van der Waals surface area contributed by atoms with Crippen LogP contribution < -0.4 is 16.0 Å². The molecule has 41 heavy (non-hydrogen) atoms. The maximum absolute atomic E-state index is 13.8. The van der Waals surface area contributed by atoms with Gasteiger partial charge in [-0.25, -0.2) is 14.0 Å². The third-order valence-electron chi connectivity index (χ3n) is 6.62. The highest BCUT2D eigenvalue weighted by molar-refractivity contribution is 5.96. The maximum atomic E-state index is 13.8. The van der Waals surface area contributed by atoms with Crippen molar-refractivity contribution in [2.45, 2.75) is 72.6 Å². The van der Waals surface area contributed by atoms with Crippen LogP contribution in [-0.2, 0) is 19.2 Å². The Kier molecular flexibility index (Phi) is 13.1. The molecule has 230 valence electrons. The van der Waals surface area contributed by atoms with Crippen molar-refractivity contribution in [2.75, 3.05) is 31.1 Å². The summed E-state index contributed by atoms with van der Waals surface area (Å²) < 4.78 is 13.8. The number of carboxylic acid groups (broad SMARTS) is 2. The standard InChI is InChI=1S/C25H41FN4O3.C4H4O4/c1-16-8-9-18(26)11-20(16)30-15-25(6,7)29(13-22(30)32)12-19(27)21(31)10-17(2)23(33)28-14-24(3,4)5;5-3(6)1-2-4(7)8/h8-9,11,17,19,21,31H,10,12-15,27H2,1-7H3,(H,28,33);1-2H,(H,5,6)(H,7,8)/b;2-1+/t17-,19+,21+;/m1./s1. The first-order valence-electron chi connectivity index (χ1n) is 13.4. The van der Waals surface area contributed by atoms with Gasteiger partial charge in [0.25, 0.3) is 0 Å². The molecular formula is C29H45FN4O7. The zero-order valence-electron chi connectivity index (χ0n) is 25.0. The van der Waals surface area contributed by atoms with Gasteiger partial charge < -0.3 is 31.3 Å². The topological polar surface area (TPSA) is 173 Å². The van der Waals surface area contributed by atoms with Gasteiger partial charge in [0, 0.05) is 55.0 Å². The van der Waals surface area contributed by atoms with E-state index in [1.807, 2.05) is 46.4 Å². The predicted molar refractivity (Wildman–Crippen MR) is 154 cm³/mol. The number of aliphatic hydroxyl groups is 1. The number of aliphatic carboxylic acids is 2. The number of nitrogens with zero attached hydrogens (tertiary/aromatic N) is 2. The summed E-state index contributed by atoms with van der Waals surface area (Å²) in [5, 5.41) is 29.2. The quantitative estimate of drug-likeness (QED) is 0.260. The number of hydrogen-bond donors (Lipinski definition) is 5. The van der Waals surface area contributed by atoms with Gasteiger partial charge in [0.15, 0.2) is 0 Å². The number of amides is 2. The number of carbonyl (C=O) groups excluding carboxylic acids is 2. The fourth-order valence-electron chi connectivity index (χ4n) is 4.13. The Morgan fingerprint density at radius 1 is 1.17 bits per heavy atom. The number of aryl methyl sites for hydroxylation is 1. The van der Waals surface area contributed by atoms with Crippen molar-refractivity contribution >= 4 is 29.4 Å². The minimum absolute atomic E-state index is 0.0191. The molecule has 0 bridgehead atoms. The van der Waals surface area contributed by atoms with Gasteiger partial charge in [-0.15, -0.1) is 0 Å². The molecule has 1 aromatic carbocycles. The van der Waals surface area contributed by atoms with Gasteiger partial charge in [-0.3, -0.25) is 14.5 Å². The first-order chi connectivity index (χ1) is 18.7. The third-order valence-corrected chi connectivity index (χ3v) is 6.62. The van der Waals surface area contributed by atoms with Gasteiger partial charge >= 0.3 is 11.9 Å². The SMILES string of the molecule is Cc1ccc(F)cc1N1CC(C)(C)N(C[C@H](N)[C@@H](O)C[C@@H](C)C(=O)NCC(C)(C)C)CC1=O.O=C(O)/C=C/C(=O)O. The smallest absolute Gasteiger partial charge is 0.328 e. The van der Waals surface area contributed by atoms with Crippen molar-refractivity contribution in [3.05, 3.63) is 41.7 Å². The summed E-state index contributed by atoms with van der Waals surface area (Å²) in [6.45, 7) is 15.1. The molecule has 0 unspecified atom stereocenters. The normalized spacial score (nSPS) is 17.8. The fourth-order valence-corrected chi connectivity index (χ4v) is 4.13. The second-order valence-corrected chi connectivity index (χ2v) is 12.3. The summed E-state index contributed by atoms with van der Waals surface area (Å²) in [6.07, 6.45) is 0.480. The Morgan fingerprint density at radius 3 is 2.24 bits per heavy atom. The third kappa shape index (κ3) is 12.4. The van der Waals surface area contributed by atoms with Crippen LogP contribution in [0.4, 0.5) is 10.1 Å². The molecule has 1 saturated heterocycles. The molecule has 0 aromatic heterocycles. The summed E-state index contributed by atoms with van der Waals surface area (Å²) in [6, 6.07) is 3.83. The average molecular weight is 581 g/mol. The van der Waals surface area contributed by atoms with E-state index in [9.17, 15) is 28.7 Å². The second-order valence-electron chi connectivity index (χ2n) is 12.3. The highest BCUT2D eigenvalue weighted by Gasteiger charge is 2.40. The molecule has 1 aliphatic rings. The molecule has 12 heteroatoms. The van der Waals surface area contributed by atoms with Crippen molar-refractivity contribution in [1.82, 2.24) is 10.2 Å². The van der Waals surface area contributed by atoms with Crippen LogP contribution in [0.25, 0.3) is 0 Å². The Labute approximate surface area is 241 Å². The number of anilines is 1. The van der Waals surface area contributed by atoms with E-state index in [-0.39, 0.29) is 41.9 Å². The largest absolute Gasteiger partial charge is 0.478 e. The molecule has 1 aromatic rings. The average Bonchev–Trinajstić information content (AvgIpc) is 2.84.